The summed E-state index contributed by atoms with van der Waals surface area (Å²) in [5.41, 5.74) is 2.48. The van der Waals surface area contributed by atoms with Gasteiger partial charge in [-0.3, -0.25) is 5.32 Å². The molecular formula is C20H21N3O2. The van der Waals surface area contributed by atoms with Crippen LogP contribution in [0.3, 0.4) is 0 Å². The molecule has 3 rings (SSSR count). The first-order chi connectivity index (χ1) is 12.2. The van der Waals surface area contributed by atoms with E-state index in [1.54, 1.807) is 13.0 Å². The third-order valence-electron chi connectivity index (χ3n) is 3.99. The van der Waals surface area contributed by atoms with Gasteiger partial charge in [0.05, 0.1) is 0 Å². The zero-order valence-corrected chi connectivity index (χ0v) is 14.1. The molecule has 1 heterocycles. The van der Waals surface area contributed by atoms with E-state index in [9.17, 15) is 4.79 Å². The normalized spacial score (nSPS) is 10.6. The number of amides is 2. The molecule has 0 aliphatic carbocycles. The van der Waals surface area contributed by atoms with Crippen LogP contribution in [0, 0.1) is 6.92 Å². The Hall–Kier alpha value is -3.08. The largest absolute Gasteiger partial charge is 0.360 e. The monoisotopic (exact) mass is 335 g/mol. The summed E-state index contributed by atoms with van der Waals surface area (Å²) in [4.78, 5) is 12.0. The Labute approximate surface area is 147 Å². The summed E-state index contributed by atoms with van der Waals surface area (Å²) in [6.07, 6.45) is 0.805. The fraction of sp³-hybridized carbons (Fsp3) is 0.200. The van der Waals surface area contributed by atoms with Crippen molar-refractivity contribution in [3.05, 3.63) is 83.6 Å². The average molecular weight is 335 g/mol. The molecule has 2 amide bonds. The van der Waals surface area contributed by atoms with Gasteiger partial charge in [0.2, 0.25) is 0 Å². The van der Waals surface area contributed by atoms with Gasteiger partial charge in [-0.25, -0.2) is 4.79 Å². The van der Waals surface area contributed by atoms with Crippen LogP contribution in [0.2, 0.25) is 0 Å². The maximum Gasteiger partial charge on any atom is 0.320 e. The standard InChI is InChI=1S/C20H21N3O2/c1-15-14-19(23-25-15)22-20(24)21-13-12-18(16-8-4-2-5-9-16)17-10-6-3-7-11-17/h2-11,14,18H,12-13H2,1H3,(H2,21,22,23,24). The lowest BCUT2D eigenvalue weighted by Crippen LogP contribution is -2.30. The van der Waals surface area contributed by atoms with Crippen LogP contribution in [0.25, 0.3) is 0 Å². The van der Waals surface area contributed by atoms with Gasteiger partial charge in [-0.2, -0.15) is 0 Å². The van der Waals surface area contributed by atoms with E-state index < -0.39 is 0 Å². The van der Waals surface area contributed by atoms with Gasteiger partial charge in [0.25, 0.3) is 0 Å². The lowest BCUT2D eigenvalue weighted by atomic mass is 9.88. The second-order valence-electron chi connectivity index (χ2n) is 5.87. The Morgan fingerprint density at radius 2 is 1.64 bits per heavy atom. The topological polar surface area (TPSA) is 67.2 Å². The van der Waals surface area contributed by atoms with Crippen LogP contribution >= 0.6 is 0 Å². The first kappa shape index (κ1) is 16.8. The summed E-state index contributed by atoms with van der Waals surface area (Å²) in [7, 11) is 0. The number of carbonyl (C=O) groups is 1. The summed E-state index contributed by atoms with van der Waals surface area (Å²) < 4.78 is 4.93. The van der Waals surface area contributed by atoms with Gasteiger partial charge >= 0.3 is 6.03 Å². The number of hydrogen-bond acceptors (Lipinski definition) is 3. The highest BCUT2D eigenvalue weighted by molar-refractivity contribution is 5.88. The van der Waals surface area contributed by atoms with Crippen molar-refractivity contribution < 1.29 is 9.32 Å². The smallest absolute Gasteiger partial charge is 0.320 e. The molecule has 0 unspecified atom stereocenters. The Morgan fingerprint density at radius 1 is 1.04 bits per heavy atom. The molecule has 0 aliphatic heterocycles. The van der Waals surface area contributed by atoms with Gasteiger partial charge in [0.15, 0.2) is 5.82 Å². The lowest BCUT2D eigenvalue weighted by Gasteiger charge is -2.18. The number of aryl methyl sites for hydroxylation is 1. The number of nitrogens with zero attached hydrogens (tertiary/aromatic N) is 1. The minimum absolute atomic E-state index is 0.233. The summed E-state index contributed by atoms with van der Waals surface area (Å²) in [6.45, 7) is 2.33. The third kappa shape index (κ3) is 4.70. The first-order valence-corrected chi connectivity index (χ1v) is 8.30. The quantitative estimate of drug-likeness (QED) is 0.705. The van der Waals surface area contributed by atoms with E-state index >= 15 is 0 Å². The summed E-state index contributed by atoms with van der Waals surface area (Å²) in [6, 6.07) is 22.1. The van der Waals surface area contributed by atoms with Crippen molar-refractivity contribution in [2.45, 2.75) is 19.3 Å². The van der Waals surface area contributed by atoms with Gasteiger partial charge in [0.1, 0.15) is 5.76 Å². The molecular weight excluding hydrogens is 314 g/mol. The zero-order valence-electron chi connectivity index (χ0n) is 14.1. The van der Waals surface area contributed by atoms with Crippen LogP contribution in [0.15, 0.2) is 71.3 Å². The molecule has 25 heavy (non-hydrogen) atoms. The highest BCUT2D eigenvalue weighted by Crippen LogP contribution is 2.27. The summed E-state index contributed by atoms with van der Waals surface area (Å²) in [5, 5.41) is 9.29. The van der Waals surface area contributed by atoms with Crippen molar-refractivity contribution in [3.63, 3.8) is 0 Å². The lowest BCUT2D eigenvalue weighted by molar-refractivity contribution is 0.251. The van der Waals surface area contributed by atoms with Crippen LogP contribution < -0.4 is 10.6 Å². The van der Waals surface area contributed by atoms with Gasteiger partial charge in [-0.05, 0) is 24.5 Å². The molecule has 0 atom stereocenters. The van der Waals surface area contributed by atoms with E-state index in [1.165, 1.54) is 11.1 Å². The minimum atomic E-state index is -0.284. The number of urea groups is 1. The maximum atomic E-state index is 12.0. The predicted octanol–water partition coefficient (Wildman–Crippen LogP) is 4.33. The third-order valence-corrected chi connectivity index (χ3v) is 3.99. The molecule has 5 nitrogen and oxygen atoms in total. The molecule has 0 saturated heterocycles. The van der Waals surface area contributed by atoms with Crippen molar-refractivity contribution in [3.8, 4) is 0 Å². The first-order valence-electron chi connectivity index (χ1n) is 8.30. The van der Waals surface area contributed by atoms with Crippen molar-refractivity contribution in [2.75, 3.05) is 11.9 Å². The number of anilines is 1. The molecule has 0 aliphatic rings. The van der Waals surface area contributed by atoms with Crippen molar-refractivity contribution in [1.82, 2.24) is 10.5 Å². The fourth-order valence-corrected chi connectivity index (χ4v) is 2.81. The van der Waals surface area contributed by atoms with Crippen LogP contribution in [-0.2, 0) is 0 Å². The Bertz CT molecular complexity index is 761. The maximum absolute atomic E-state index is 12.0. The molecule has 128 valence electrons. The van der Waals surface area contributed by atoms with Crippen LogP contribution in [0.1, 0.15) is 29.2 Å². The molecule has 3 aromatic rings. The summed E-state index contributed by atoms with van der Waals surface area (Å²) in [5.74, 6) is 1.30. The molecule has 2 N–H and O–H groups in total. The van der Waals surface area contributed by atoms with Crippen molar-refractivity contribution >= 4 is 11.8 Å². The number of rotatable bonds is 6. The van der Waals surface area contributed by atoms with E-state index in [-0.39, 0.29) is 11.9 Å². The molecule has 0 fully saturated rings. The highest BCUT2D eigenvalue weighted by Gasteiger charge is 2.14. The number of carbonyl (C=O) groups excluding carboxylic acids is 1. The number of benzene rings is 2. The van der Waals surface area contributed by atoms with Gasteiger partial charge in [0, 0.05) is 18.5 Å². The zero-order chi connectivity index (χ0) is 17.5. The van der Waals surface area contributed by atoms with Gasteiger partial charge in [-0.1, -0.05) is 65.8 Å². The van der Waals surface area contributed by atoms with Gasteiger partial charge < -0.3 is 9.84 Å². The molecule has 0 bridgehead atoms. The number of aromatic nitrogens is 1. The Balaban J connectivity index is 1.60. The number of nitrogens with one attached hydrogen (secondary N) is 2. The fourth-order valence-electron chi connectivity index (χ4n) is 2.81. The molecule has 0 radical (unpaired) electrons. The molecule has 5 heteroatoms. The molecule has 0 saturated carbocycles. The van der Waals surface area contributed by atoms with E-state index in [0.717, 1.165) is 6.42 Å². The molecule has 1 aromatic heterocycles. The van der Waals surface area contributed by atoms with Crippen LogP contribution in [0.5, 0.6) is 0 Å². The van der Waals surface area contributed by atoms with E-state index in [2.05, 4.69) is 40.1 Å². The second-order valence-corrected chi connectivity index (χ2v) is 5.87. The Morgan fingerprint density at radius 3 is 2.16 bits per heavy atom. The van der Waals surface area contributed by atoms with E-state index in [4.69, 9.17) is 4.52 Å². The molecule has 0 spiro atoms. The molecule has 2 aromatic carbocycles. The Kier molecular flexibility index (Phi) is 5.46. The number of hydrogen-bond donors (Lipinski definition) is 2. The minimum Gasteiger partial charge on any atom is -0.360 e. The predicted molar refractivity (Wildman–Crippen MR) is 97.6 cm³/mol. The van der Waals surface area contributed by atoms with Crippen LogP contribution in [0.4, 0.5) is 10.6 Å². The van der Waals surface area contributed by atoms with E-state index in [0.29, 0.717) is 18.1 Å². The van der Waals surface area contributed by atoms with Crippen molar-refractivity contribution in [2.24, 2.45) is 0 Å². The van der Waals surface area contributed by atoms with Crippen LogP contribution in [-0.4, -0.2) is 17.7 Å². The van der Waals surface area contributed by atoms with Crippen molar-refractivity contribution in [1.29, 1.82) is 0 Å². The second kappa shape index (κ2) is 8.15. The average Bonchev–Trinajstić information content (AvgIpc) is 3.05. The van der Waals surface area contributed by atoms with Gasteiger partial charge in [-0.15, -0.1) is 0 Å². The van der Waals surface area contributed by atoms with E-state index in [1.807, 2.05) is 36.4 Å². The SMILES string of the molecule is Cc1cc(NC(=O)NCCC(c2ccccc2)c2ccccc2)no1. The highest BCUT2D eigenvalue weighted by atomic mass is 16.5. The summed E-state index contributed by atoms with van der Waals surface area (Å²) >= 11 is 0.